The first kappa shape index (κ1) is 14.3. The molecular weight excluding hydrogens is 284 g/mol. The van der Waals surface area contributed by atoms with Crippen molar-refractivity contribution >= 4 is 27.8 Å². The Morgan fingerprint density at radius 3 is 2.74 bits per heavy atom. The number of anilines is 1. The Morgan fingerprint density at radius 2 is 2.00 bits per heavy atom. The Kier molecular flexibility index (Phi) is 5.20. The molecule has 0 aromatic carbocycles. The van der Waals surface area contributed by atoms with Gasteiger partial charge in [-0.1, -0.05) is 11.3 Å². The molecule has 0 radical (unpaired) electrons. The molecule has 1 N–H and O–H groups in total. The van der Waals surface area contributed by atoms with Gasteiger partial charge in [0.2, 0.25) is 5.13 Å². The summed E-state index contributed by atoms with van der Waals surface area (Å²) in [5.74, 6) is 0. The van der Waals surface area contributed by atoms with Crippen LogP contribution in [0.3, 0.4) is 0 Å². The summed E-state index contributed by atoms with van der Waals surface area (Å²) in [6, 6.07) is 0. The van der Waals surface area contributed by atoms with E-state index >= 15 is 0 Å². The van der Waals surface area contributed by atoms with E-state index < -0.39 is 0 Å². The highest BCUT2D eigenvalue weighted by Gasteiger charge is 2.15. The van der Waals surface area contributed by atoms with Crippen LogP contribution in [0.4, 0.5) is 5.13 Å². The van der Waals surface area contributed by atoms with Crippen LogP contribution in [-0.2, 0) is 16.1 Å². The highest BCUT2D eigenvalue weighted by atomic mass is 32.1. The molecule has 0 saturated heterocycles. The summed E-state index contributed by atoms with van der Waals surface area (Å²) in [7, 11) is 3.33. The lowest BCUT2D eigenvalue weighted by Crippen LogP contribution is -2.06. The van der Waals surface area contributed by atoms with Crippen LogP contribution in [0.5, 0.6) is 0 Å². The van der Waals surface area contributed by atoms with E-state index in [0.29, 0.717) is 13.2 Å². The van der Waals surface area contributed by atoms with Crippen molar-refractivity contribution in [1.82, 2.24) is 15.2 Å². The summed E-state index contributed by atoms with van der Waals surface area (Å²) < 4.78 is 10.1. The van der Waals surface area contributed by atoms with Gasteiger partial charge in [0, 0.05) is 20.8 Å². The molecule has 2 aromatic rings. The molecule has 19 heavy (non-hydrogen) atoms. The molecule has 0 aliphatic carbocycles. The van der Waals surface area contributed by atoms with Crippen molar-refractivity contribution < 1.29 is 9.47 Å². The van der Waals surface area contributed by atoms with Crippen LogP contribution in [0, 0.1) is 6.92 Å². The summed E-state index contributed by atoms with van der Waals surface area (Å²) in [6.45, 7) is 3.83. The minimum Gasteiger partial charge on any atom is -0.383 e. The zero-order valence-electron chi connectivity index (χ0n) is 11.1. The highest BCUT2D eigenvalue weighted by Crippen LogP contribution is 2.34. The third-order valence-corrected chi connectivity index (χ3v) is 4.33. The van der Waals surface area contributed by atoms with Crippen LogP contribution in [0.25, 0.3) is 9.88 Å². The Bertz CT molecular complexity index is 526. The Labute approximate surface area is 119 Å². The maximum Gasteiger partial charge on any atom is 0.206 e. The van der Waals surface area contributed by atoms with Gasteiger partial charge in [0.25, 0.3) is 0 Å². The predicted octanol–water partition coefficient (Wildman–Crippen LogP) is 2.17. The molecule has 0 aliphatic rings. The van der Waals surface area contributed by atoms with Crippen molar-refractivity contribution in [3.8, 4) is 9.88 Å². The zero-order chi connectivity index (χ0) is 13.7. The monoisotopic (exact) mass is 300 g/mol. The van der Waals surface area contributed by atoms with Gasteiger partial charge in [0.1, 0.15) is 0 Å². The lowest BCUT2D eigenvalue weighted by Gasteiger charge is -1.98. The molecule has 0 bridgehead atoms. The fourth-order valence-electron chi connectivity index (χ4n) is 1.52. The molecule has 6 nitrogen and oxygen atoms in total. The number of ether oxygens (including phenoxy) is 2. The van der Waals surface area contributed by atoms with Crippen LogP contribution >= 0.6 is 22.7 Å². The van der Waals surface area contributed by atoms with E-state index in [-0.39, 0.29) is 0 Å². The first-order chi connectivity index (χ1) is 9.24. The molecule has 0 spiro atoms. The van der Waals surface area contributed by atoms with Gasteiger partial charge in [0.15, 0.2) is 5.01 Å². The third-order valence-electron chi connectivity index (χ3n) is 2.29. The van der Waals surface area contributed by atoms with E-state index in [1.807, 2.05) is 6.92 Å². The summed E-state index contributed by atoms with van der Waals surface area (Å²) >= 11 is 3.13. The van der Waals surface area contributed by atoms with E-state index in [4.69, 9.17) is 9.47 Å². The number of thiazole rings is 1. The van der Waals surface area contributed by atoms with Gasteiger partial charge in [-0.15, -0.1) is 21.5 Å². The summed E-state index contributed by atoms with van der Waals surface area (Å²) in [5.41, 5.74) is 0.921. The molecule has 104 valence electrons. The fraction of sp³-hybridized carbons (Fsp3) is 0.545. The summed E-state index contributed by atoms with van der Waals surface area (Å²) in [6.07, 6.45) is 0. The van der Waals surface area contributed by atoms with Crippen LogP contribution in [-0.4, -0.2) is 42.6 Å². The van der Waals surface area contributed by atoms with Gasteiger partial charge in [-0.3, -0.25) is 0 Å². The third kappa shape index (κ3) is 3.69. The van der Waals surface area contributed by atoms with Crippen molar-refractivity contribution in [2.75, 3.05) is 32.7 Å². The number of methoxy groups -OCH3 is 2. The van der Waals surface area contributed by atoms with Crippen molar-refractivity contribution in [2.24, 2.45) is 0 Å². The smallest absolute Gasteiger partial charge is 0.206 e. The van der Waals surface area contributed by atoms with E-state index in [1.165, 1.54) is 11.3 Å². The zero-order valence-corrected chi connectivity index (χ0v) is 12.7. The number of aromatic nitrogens is 3. The number of aryl methyl sites for hydroxylation is 1. The lowest BCUT2D eigenvalue weighted by atomic mass is 10.4. The molecule has 2 heterocycles. The normalized spacial score (nSPS) is 10.9. The molecule has 0 aliphatic heterocycles. The highest BCUT2D eigenvalue weighted by molar-refractivity contribution is 7.23. The molecule has 0 fully saturated rings. The Hall–Kier alpha value is -1.09. The van der Waals surface area contributed by atoms with E-state index in [1.54, 1.807) is 25.6 Å². The standard InChI is InChI=1S/C11H16N4O2S2/c1-7-13-8(6-17-3)9(18-7)10-14-15-11(19-10)12-4-5-16-2/h4-6H2,1-3H3,(H,12,15). The van der Waals surface area contributed by atoms with Crippen molar-refractivity contribution in [2.45, 2.75) is 13.5 Å². The topological polar surface area (TPSA) is 69.2 Å². The van der Waals surface area contributed by atoms with Gasteiger partial charge in [-0.2, -0.15) is 0 Å². The summed E-state index contributed by atoms with van der Waals surface area (Å²) in [4.78, 5) is 5.49. The SMILES string of the molecule is COCCNc1nnc(-c2sc(C)nc2COC)s1. The minimum absolute atomic E-state index is 0.492. The first-order valence-corrected chi connectivity index (χ1v) is 7.39. The molecule has 0 amide bonds. The first-order valence-electron chi connectivity index (χ1n) is 5.76. The number of rotatable bonds is 7. The molecular formula is C11H16N4O2S2. The number of hydrogen-bond donors (Lipinski definition) is 1. The van der Waals surface area contributed by atoms with Crippen LogP contribution in [0.1, 0.15) is 10.7 Å². The van der Waals surface area contributed by atoms with Gasteiger partial charge in [0.05, 0.1) is 28.8 Å². The van der Waals surface area contributed by atoms with E-state index in [0.717, 1.165) is 32.3 Å². The van der Waals surface area contributed by atoms with Gasteiger partial charge < -0.3 is 14.8 Å². The molecule has 2 aromatic heterocycles. The Morgan fingerprint density at radius 1 is 1.16 bits per heavy atom. The van der Waals surface area contributed by atoms with Crippen molar-refractivity contribution in [1.29, 1.82) is 0 Å². The second-order valence-corrected chi connectivity index (χ2v) is 5.95. The number of hydrogen-bond acceptors (Lipinski definition) is 8. The maximum absolute atomic E-state index is 5.16. The van der Waals surface area contributed by atoms with Gasteiger partial charge in [-0.25, -0.2) is 4.98 Å². The van der Waals surface area contributed by atoms with Crippen LogP contribution < -0.4 is 5.32 Å². The number of nitrogens with zero attached hydrogens (tertiary/aromatic N) is 3. The van der Waals surface area contributed by atoms with Gasteiger partial charge in [-0.05, 0) is 6.92 Å². The average molecular weight is 300 g/mol. The van der Waals surface area contributed by atoms with E-state index in [9.17, 15) is 0 Å². The molecule has 0 atom stereocenters. The fourth-order valence-corrected chi connectivity index (χ4v) is 3.30. The number of nitrogens with one attached hydrogen (secondary N) is 1. The molecule has 0 unspecified atom stereocenters. The second kappa shape index (κ2) is 6.90. The predicted molar refractivity (Wildman–Crippen MR) is 76.8 cm³/mol. The van der Waals surface area contributed by atoms with Crippen molar-refractivity contribution in [3.63, 3.8) is 0 Å². The van der Waals surface area contributed by atoms with Crippen molar-refractivity contribution in [3.05, 3.63) is 10.7 Å². The maximum atomic E-state index is 5.16. The minimum atomic E-state index is 0.492. The van der Waals surface area contributed by atoms with E-state index in [2.05, 4.69) is 20.5 Å². The molecule has 8 heteroatoms. The largest absolute Gasteiger partial charge is 0.383 e. The molecule has 2 rings (SSSR count). The summed E-state index contributed by atoms with van der Waals surface area (Å²) in [5, 5.41) is 14.2. The van der Waals surface area contributed by atoms with Gasteiger partial charge >= 0.3 is 0 Å². The van der Waals surface area contributed by atoms with Crippen LogP contribution in [0.2, 0.25) is 0 Å². The van der Waals surface area contributed by atoms with Crippen LogP contribution in [0.15, 0.2) is 0 Å². The molecule has 0 saturated carbocycles. The lowest BCUT2D eigenvalue weighted by molar-refractivity contribution is 0.182. The average Bonchev–Trinajstić information content (AvgIpc) is 2.97. The second-order valence-electron chi connectivity index (χ2n) is 3.77. The Balaban J connectivity index is 2.13. The quantitative estimate of drug-likeness (QED) is 0.790.